The van der Waals surface area contributed by atoms with E-state index in [4.69, 9.17) is 9.84 Å². The highest BCUT2D eigenvalue weighted by atomic mass is 32.2. The largest absolute Gasteiger partial charge is 0.491 e. The Bertz CT molecular complexity index is 506. The Morgan fingerprint density at radius 2 is 2.15 bits per heavy atom. The number of benzene rings is 1. The van der Waals surface area contributed by atoms with E-state index in [2.05, 4.69) is 0 Å². The average molecular weight is 295 g/mol. The highest BCUT2D eigenvalue weighted by Crippen LogP contribution is 2.25. The number of aliphatic carboxylic acids is 1. The van der Waals surface area contributed by atoms with Gasteiger partial charge in [0, 0.05) is 12.1 Å². The van der Waals surface area contributed by atoms with E-state index in [0.29, 0.717) is 13.2 Å². The normalized spacial score (nSPS) is 17.9. The summed E-state index contributed by atoms with van der Waals surface area (Å²) in [6.07, 6.45) is 0. The molecule has 1 aromatic carbocycles. The number of hydrogen-bond acceptors (Lipinski definition) is 4. The fourth-order valence-electron chi connectivity index (χ4n) is 2.06. The lowest BCUT2D eigenvalue weighted by molar-refractivity contribution is -0.133. The summed E-state index contributed by atoms with van der Waals surface area (Å²) in [5.41, 5.74) is 0.980. The number of carbonyl (C=O) groups excluding carboxylic acids is 1. The van der Waals surface area contributed by atoms with Crippen LogP contribution in [0.3, 0.4) is 0 Å². The predicted molar refractivity (Wildman–Crippen MR) is 76.9 cm³/mol. The van der Waals surface area contributed by atoms with E-state index >= 15 is 0 Å². The van der Waals surface area contributed by atoms with Gasteiger partial charge in [-0.05, 0) is 13.0 Å². The Labute approximate surface area is 121 Å². The van der Waals surface area contributed by atoms with Crippen molar-refractivity contribution in [2.75, 3.05) is 18.1 Å². The lowest BCUT2D eigenvalue weighted by Gasteiger charge is -2.26. The highest BCUT2D eigenvalue weighted by Gasteiger charge is 2.25. The summed E-state index contributed by atoms with van der Waals surface area (Å²) in [5.74, 6) is -0.0165. The smallest absolute Gasteiger partial charge is 0.313 e. The summed E-state index contributed by atoms with van der Waals surface area (Å²) >= 11 is 1.12. The molecule has 5 nitrogen and oxygen atoms in total. The lowest BCUT2D eigenvalue weighted by Crippen LogP contribution is -2.41. The van der Waals surface area contributed by atoms with Gasteiger partial charge in [-0.1, -0.05) is 18.2 Å². The van der Waals surface area contributed by atoms with E-state index in [9.17, 15) is 9.59 Å². The van der Waals surface area contributed by atoms with E-state index in [0.717, 1.165) is 23.1 Å². The first-order chi connectivity index (χ1) is 9.58. The molecular weight excluding hydrogens is 278 g/mol. The number of carboxylic acids is 1. The molecule has 1 amide bonds. The molecule has 0 saturated heterocycles. The van der Waals surface area contributed by atoms with Crippen molar-refractivity contribution in [1.82, 2.24) is 4.90 Å². The van der Waals surface area contributed by atoms with Crippen LogP contribution < -0.4 is 4.74 Å². The molecule has 1 aromatic rings. The van der Waals surface area contributed by atoms with E-state index in [1.54, 1.807) is 4.90 Å². The quantitative estimate of drug-likeness (QED) is 0.914. The van der Waals surface area contributed by atoms with Crippen molar-refractivity contribution in [2.45, 2.75) is 19.5 Å². The van der Waals surface area contributed by atoms with Crippen molar-refractivity contribution < 1.29 is 19.4 Å². The SMILES string of the molecule is CC1COc2ccccc2CN1C(=O)CSCC(=O)O. The van der Waals surface area contributed by atoms with Gasteiger partial charge in [0.05, 0.1) is 17.5 Å². The summed E-state index contributed by atoms with van der Waals surface area (Å²) in [7, 11) is 0. The molecule has 0 fully saturated rings. The van der Waals surface area contributed by atoms with Gasteiger partial charge in [0.25, 0.3) is 0 Å². The number of ether oxygens (including phenoxy) is 1. The van der Waals surface area contributed by atoms with Gasteiger partial charge in [0.2, 0.25) is 5.91 Å². The van der Waals surface area contributed by atoms with Gasteiger partial charge in [-0.2, -0.15) is 0 Å². The monoisotopic (exact) mass is 295 g/mol. The zero-order chi connectivity index (χ0) is 14.5. The Balaban J connectivity index is 2.03. The zero-order valence-corrected chi connectivity index (χ0v) is 12.1. The number of thioether (sulfide) groups is 1. The molecule has 1 aliphatic rings. The number of nitrogens with zero attached hydrogens (tertiary/aromatic N) is 1. The van der Waals surface area contributed by atoms with Crippen LogP contribution in [0.4, 0.5) is 0 Å². The third-order valence-corrected chi connectivity index (χ3v) is 4.00. The second-order valence-electron chi connectivity index (χ2n) is 4.68. The number of fused-ring (bicyclic) bond motifs is 1. The molecule has 0 bridgehead atoms. The molecule has 108 valence electrons. The van der Waals surface area contributed by atoms with Crippen LogP contribution in [0, 0.1) is 0 Å². The standard InChI is InChI=1S/C14H17NO4S/c1-10-7-19-12-5-3-2-4-11(12)6-15(10)13(16)8-20-9-14(17)18/h2-5,10H,6-9H2,1H3,(H,17,18). The van der Waals surface area contributed by atoms with Crippen LogP contribution in [0.1, 0.15) is 12.5 Å². The van der Waals surface area contributed by atoms with E-state index < -0.39 is 5.97 Å². The maximum atomic E-state index is 12.2. The van der Waals surface area contributed by atoms with Crippen molar-refractivity contribution >= 4 is 23.6 Å². The minimum Gasteiger partial charge on any atom is -0.491 e. The van der Waals surface area contributed by atoms with E-state index in [-0.39, 0.29) is 23.5 Å². The van der Waals surface area contributed by atoms with Crippen LogP contribution in [-0.2, 0) is 16.1 Å². The number of amides is 1. The molecule has 0 aromatic heterocycles. The van der Waals surface area contributed by atoms with Gasteiger partial charge in [0.1, 0.15) is 12.4 Å². The number of hydrogen-bond donors (Lipinski definition) is 1. The molecule has 2 rings (SSSR count). The summed E-state index contributed by atoms with van der Waals surface area (Å²) < 4.78 is 5.69. The van der Waals surface area contributed by atoms with Gasteiger partial charge in [-0.15, -0.1) is 11.8 Å². The van der Waals surface area contributed by atoms with Crippen molar-refractivity contribution in [3.63, 3.8) is 0 Å². The zero-order valence-electron chi connectivity index (χ0n) is 11.2. The van der Waals surface area contributed by atoms with Crippen LogP contribution >= 0.6 is 11.8 Å². The van der Waals surface area contributed by atoms with Crippen LogP contribution in [0.2, 0.25) is 0 Å². The van der Waals surface area contributed by atoms with E-state index in [1.165, 1.54) is 0 Å². The fourth-order valence-corrected chi connectivity index (χ4v) is 2.67. The average Bonchev–Trinajstić information content (AvgIpc) is 2.58. The van der Waals surface area contributed by atoms with Crippen LogP contribution in [-0.4, -0.2) is 46.0 Å². The van der Waals surface area contributed by atoms with Crippen molar-refractivity contribution in [2.24, 2.45) is 0 Å². The number of carbonyl (C=O) groups is 2. The molecule has 1 heterocycles. The van der Waals surface area contributed by atoms with Crippen LogP contribution in [0.15, 0.2) is 24.3 Å². The van der Waals surface area contributed by atoms with E-state index in [1.807, 2.05) is 31.2 Å². The Morgan fingerprint density at radius 3 is 2.90 bits per heavy atom. The minimum absolute atomic E-state index is 0.0275. The molecule has 1 unspecified atom stereocenters. The van der Waals surface area contributed by atoms with Crippen LogP contribution in [0.25, 0.3) is 0 Å². The Hall–Kier alpha value is -1.69. The molecule has 1 atom stereocenters. The molecule has 20 heavy (non-hydrogen) atoms. The van der Waals surface area contributed by atoms with Gasteiger partial charge >= 0.3 is 5.97 Å². The van der Waals surface area contributed by atoms with Crippen LogP contribution in [0.5, 0.6) is 5.75 Å². The molecule has 0 saturated carbocycles. The maximum absolute atomic E-state index is 12.2. The summed E-state index contributed by atoms with van der Waals surface area (Å²) in [4.78, 5) is 24.4. The molecular formula is C14H17NO4S. The topological polar surface area (TPSA) is 66.8 Å². The second-order valence-corrected chi connectivity index (χ2v) is 5.66. The van der Waals surface area contributed by atoms with Gasteiger partial charge < -0.3 is 14.7 Å². The minimum atomic E-state index is -0.902. The molecule has 0 aliphatic carbocycles. The van der Waals surface area contributed by atoms with Crippen molar-refractivity contribution in [1.29, 1.82) is 0 Å². The summed E-state index contributed by atoms with van der Waals surface area (Å²) in [5, 5.41) is 8.60. The van der Waals surface area contributed by atoms with Gasteiger partial charge in [0.15, 0.2) is 0 Å². The first-order valence-electron chi connectivity index (χ1n) is 6.37. The number of para-hydroxylation sites is 1. The predicted octanol–water partition coefficient (Wildman–Crippen LogP) is 1.61. The van der Waals surface area contributed by atoms with Gasteiger partial charge in [-0.3, -0.25) is 9.59 Å². The maximum Gasteiger partial charge on any atom is 0.313 e. The molecule has 1 aliphatic heterocycles. The first-order valence-corrected chi connectivity index (χ1v) is 7.53. The molecule has 0 spiro atoms. The molecule has 6 heteroatoms. The van der Waals surface area contributed by atoms with Gasteiger partial charge in [-0.25, -0.2) is 0 Å². The summed E-state index contributed by atoms with van der Waals surface area (Å²) in [6, 6.07) is 7.64. The lowest BCUT2D eigenvalue weighted by atomic mass is 10.2. The molecule has 1 N–H and O–H groups in total. The fraction of sp³-hybridized carbons (Fsp3) is 0.429. The third-order valence-electron chi connectivity index (χ3n) is 3.10. The first kappa shape index (κ1) is 14.7. The number of carboxylic acid groups (broad SMARTS) is 1. The Kier molecular flexibility index (Phi) is 4.89. The number of rotatable bonds is 4. The van der Waals surface area contributed by atoms with Crippen molar-refractivity contribution in [3.05, 3.63) is 29.8 Å². The Morgan fingerprint density at radius 1 is 1.40 bits per heavy atom. The van der Waals surface area contributed by atoms with Crippen molar-refractivity contribution in [3.8, 4) is 5.75 Å². The third kappa shape index (κ3) is 3.66. The second kappa shape index (κ2) is 6.65. The highest BCUT2D eigenvalue weighted by molar-refractivity contribution is 8.00. The summed E-state index contributed by atoms with van der Waals surface area (Å²) in [6.45, 7) is 2.89. The molecule has 0 radical (unpaired) electrons.